The first-order valence-corrected chi connectivity index (χ1v) is 6.94. The van der Waals surface area contributed by atoms with E-state index in [-0.39, 0.29) is 6.04 Å². The summed E-state index contributed by atoms with van der Waals surface area (Å²) in [5, 5.41) is 3.55. The molecule has 0 saturated carbocycles. The SMILES string of the molecule is COc1nc(C(C)C)ncc1C1CCN(C)CCN1. The average molecular weight is 264 g/mol. The van der Waals surface area contributed by atoms with Crippen LogP contribution in [0.25, 0.3) is 0 Å². The molecule has 0 bridgehead atoms. The lowest BCUT2D eigenvalue weighted by atomic mass is 10.1. The smallest absolute Gasteiger partial charge is 0.221 e. The monoisotopic (exact) mass is 264 g/mol. The molecule has 1 atom stereocenters. The van der Waals surface area contributed by atoms with Gasteiger partial charge in [0.15, 0.2) is 0 Å². The molecule has 106 valence electrons. The van der Waals surface area contributed by atoms with E-state index in [1.807, 2.05) is 6.20 Å². The molecule has 1 N–H and O–H groups in total. The number of aromatic nitrogens is 2. The molecule has 19 heavy (non-hydrogen) atoms. The quantitative estimate of drug-likeness (QED) is 0.898. The minimum absolute atomic E-state index is 0.279. The maximum absolute atomic E-state index is 5.45. The summed E-state index contributed by atoms with van der Waals surface area (Å²) < 4.78 is 5.45. The third-order valence-corrected chi connectivity index (χ3v) is 3.57. The minimum atomic E-state index is 0.279. The van der Waals surface area contributed by atoms with Crippen molar-refractivity contribution in [2.75, 3.05) is 33.8 Å². The maximum Gasteiger partial charge on any atom is 0.221 e. The van der Waals surface area contributed by atoms with Crippen LogP contribution in [0.4, 0.5) is 0 Å². The molecule has 0 aliphatic carbocycles. The molecule has 5 nitrogen and oxygen atoms in total. The molecule has 0 spiro atoms. The molecule has 2 heterocycles. The van der Waals surface area contributed by atoms with Crippen LogP contribution in [0.5, 0.6) is 5.88 Å². The minimum Gasteiger partial charge on any atom is -0.481 e. The van der Waals surface area contributed by atoms with Gasteiger partial charge in [-0.3, -0.25) is 0 Å². The van der Waals surface area contributed by atoms with E-state index < -0.39 is 0 Å². The number of nitrogens with one attached hydrogen (secondary N) is 1. The largest absolute Gasteiger partial charge is 0.481 e. The Morgan fingerprint density at radius 3 is 2.89 bits per heavy atom. The second kappa shape index (κ2) is 6.30. The number of hydrogen-bond donors (Lipinski definition) is 1. The highest BCUT2D eigenvalue weighted by molar-refractivity contribution is 5.28. The molecule has 1 aliphatic heterocycles. The summed E-state index contributed by atoms with van der Waals surface area (Å²) in [7, 11) is 3.83. The van der Waals surface area contributed by atoms with Gasteiger partial charge in [0.05, 0.1) is 7.11 Å². The molecule has 0 radical (unpaired) electrons. The molecule has 1 aromatic rings. The zero-order valence-electron chi connectivity index (χ0n) is 12.3. The summed E-state index contributed by atoms with van der Waals surface area (Å²) in [6, 6.07) is 0.279. The van der Waals surface area contributed by atoms with Crippen LogP contribution < -0.4 is 10.1 Å². The van der Waals surface area contributed by atoms with Gasteiger partial charge >= 0.3 is 0 Å². The number of methoxy groups -OCH3 is 1. The lowest BCUT2D eigenvalue weighted by Gasteiger charge is -2.18. The maximum atomic E-state index is 5.45. The highest BCUT2D eigenvalue weighted by Crippen LogP contribution is 2.27. The van der Waals surface area contributed by atoms with Crippen LogP contribution >= 0.6 is 0 Å². The Balaban J connectivity index is 2.23. The molecular weight excluding hydrogens is 240 g/mol. The van der Waals surface area contributed by atoms with Crippen LogP contribution in [0.15, 0.2) is 6.20 Å². The standard InChI is InChI=1S/C14H24N4O/c1-10(2)13-16-9-11(14(17-13)19-4)12-5-7-18(3)8-6-15-12/h9-10,12,15H,5-8H2,1-4H3. The molecule has 1 aromatic heterocycles. The van der Waals surface area contributed by atoms with Gasteiger partial charge in [-0.1, -0.05) is 13.8 Å². The summed E-state index contributed by atoms with van der Waals surface area (Å²) in [6.45, 7) is 7.31. The Kier molecular flexibility index (Phi) is 4.71. The fourth-order valence-corrected chi connectivity index (χ4v) is 2.33. The summed E-state index contributed by atoms with van der Waals surface area (Å²) in [6.07, 6.45) is 2.97. The van der Waals surface area contributed by atoms with Crippen LogP contribution in [0, 0.1) is 0 Å². The predicted molar refractivity (Wildman–Crippen MR) is 75.5 cm³/mol. The Morgan fingerprint density at radius 2 is 2.21 bits per heavy atom. The van der Waals surface area contributed by atoms with Gasteiger partial charge in [0.2, 0.25) is 5.88 Å². The van der Waals surface area contributed by atoms with Crippen molar-refractivity contribution in [3.8, 4) is 5.88 Å². The van der Waals surface area contributed by atoms with Crippen LogP contribution in [0.2, 0.25) is 0 Å². The van der Waals surface area contributed by atoms with Gasteiger partial charge in [-0.05, 0) is 20.0 Å². The number of rotatable bonds is 3. The summed E-state index contributed by atoms with van der Waals surface area (Å²) in [5.41, 5.74) is 1.07. The molecule has 0 amide bonds. The number of likely N-dealkylation sites (N-methyl/N-ethyl adjacent to an activating group) is 1. The number of nitrogens with zero attached hydrogens (tertiary/aromatic N) is 3. The lowest BCUT2D eigenvalue weighted by Crippen LogP contribution is -2.25. The molecule has 2 rings (SSSR count). The Morgan fingerprint density at radius 1 is 1.42 bits per heavy atom. The van der Waals surface area contributed by atoms with E-state index in [4.69, 9.17) is 4.74 Å². The van der Waals surface area contributed by atoms with Crippen LogP contribution in [0.1, 0.15) is 43.6 Å². The zero-order chi connectivity index (χ0) is 13.8. The van der Waals surface area contributed by atoms with Crippen LogP contribution in [-0.4, -0.2) is 48.7 Å². The lowest BCUT2D eigenvalue weighted by molar-refractivity contribution is 0.352. The Bertz CT molecular complexity index is 422. The topological polar surface area (TPSA) is 50.3 Å². The Hall–Kier alpha value is -1.20. The highest BCUT2D eigenvalue weighted by atomic mass is 16.5. The van der Waals surface area contributed by atoms with Crippen molar-refractivity contribution in [2.45, 2.75) is 32.2 Å². The van der Waals surface area contributed by atoms with Gasteiger partial charge in [0.1, 0.15) is 5.82 Å². The molecular formula is C14H24N4O. The van der Waals surface area contributed by atoms with Gasteiger partial charge in [-0.25, -0.2) is 4.98 Å². The van der Waals surface area contributed by atoms with Gasteiger partial charge in [0, 0.05) is 36.8 Å². The Labute approximate surface area is 115 Å². The van der Waals surface area contributed by atoms with E-state index in [0.717, 1.165) is 37.4 Å². The number of hydrogen-bond acceptors (Lipinski definition) is 5. The second-order valence-electron chi connectivity index (χ2n) is 5.45. The van der Waals surface area contributed by atoms with Crippen LogP contribution in [0.3, 0.4) is 0 Å². The van der Waals surface area contributed by atoms with Gasteiger partial charge in [0.25, 0.3) is 0 Å². The first-order chi connectivity index (χ1) is 9.11. The predicted octanol–water partition coefficient (Wildman–Crippen LogP) is 1.57. The molecule has 1 fully saturated rings. The first kappa shape index (κ1) is 14.2. The van der Waals surface area contributed by atoms with Crippen molar-refractivity contribution in [1.82, 2.24) is 20.2 Å². The van der Waals surface area contributed by atoms with E-state index >= 15 is 0 Å². The van der Waals surface area contributed by atoms with Crippen molar-refractivity contribution >= 4 is 0 Å². The highest BCUT2D eigenvalue weighted by Gasteiger charge is 2.21. The first-order valence-electron chi connectivity index (χ1n) is 6.94. The molecule has 1 aliphatic rings. The average Bonchev–Trinajstić information content (AvgIpc) is 2.62. The number of ether oxygens (including phenoxy) is 1. The fraction of sp³-hybridized carbons (Fsp3) is 0.714. The van der Waals surface area contributed by atoms with Gasteiger partial charge < -0.3 is 15.0 Å². The molecule has 1 unspecified atom stereocenters. The van der Waals surface area contributed by atoms with E-state index in [1.54, 1.807) is 7.11 Å². The van der Waals surface area contributed by atoms with Gasteiger partial charge in [-0.2, -0.15) is 4.98 Å². The normalized spacial score (nSPS) is 21.4. The van der Waals surface area contributed by atoms with Crippen molar-refractivity contribution in [3.05, 3.63) is 17.6 Å². The van der Waals surface area contributed by atoms with Crippen molar-refractivity contribution < 1.29 is 4.74 Å². The second-order valence-corrected chi connectivity index (χ2v) is 5.45. The van der Waals surface area contributed by atoms with E-state index in [2.05, 4.69) is 41.1 Å². The van der Waals surface area contributed by atoms with E-state index in [0.29, 0.717) is 11.8 Å². The van der Waals surface area contributed by atoms with E-state index in [1.165, 1.54) is 0 Å². The summed E-state index contributed by atoms with van der Waals surface area (Å²) in [5.74, 6) is 1.86. The molecule has 1 saturated heterocycles. The van der Waals surface area contributed by atoms with Gasteiger partial charge in [-0.15, -0.1) is 0 Å². The van der Waals surface area contributed by atoms with Crippen LogP contribution in [-0.2, 0) is 0 Å². The summed E-state index contributed by atoms with van der Waals surface area (Å²) >= 11 is 0. The van der Waals surface area contributed by atoms with Crippen molar-refractivity contribution in [2.24, 2.45) is 0 Å². The van der Waals surface area contributed by atoms with Crippen molar-refractivity contribution in [3.63, 3.8) is 0 Å². The fourth-order valence-electron chi connectivity index (χ4n) is 2.33. The van der Waals surface area contributed by atoms with Crippen molar-refractivity contribution in [1.29, 1.82) is 0 Å². The zero-order valence-corrected chi connectivity index (χ0v) is 12.3. The summed E-state index contributed by atoms with van der Waals surface area (Å²) in [4.78, 5) is 11.3. The molecule has 0 aromatic carbocycles. The molecule has 5 heteroatoms. The third kappa shape index (κ3) is 3.42. The third-order valence-electron chi connectivity index (χ3n) is 3.57. The van der Waals surface area contributed by atoms with E-state index in [9.17, 15) is 0 Å².